The van der Waals surface area contributed by atoms with Crippen LogP contribution in [0.1, 0.15) is 39.9 Å². The van der Waals surface area contributed by atoms with Gasteiger partial charge in [-0.3, -0.25) is 4.79 Å². The van der Waals surface area contributed by atoms with Crippen molar-refractivity contribution in [3.8, 4) is 0 Å². The van der Waals surface area contributed by atoms with Gasteiger partial charge in [-0.2, -0.15) is 0 Å². The van der Waals surface area contributed by atoms with Crippen LogP contribution in [0.5, 0.6) is 0 Å². The number of Topliss-reactive ketones (excluding diaryl/α,β-unsaturated/α-hetero) is 1. The van der Waals surface area contributed by atoms with E-state index in [1.807, 2.05) is 6.07 Å². The molecule has 1 aliphatic rings. The predicted octanol–water partition coefficient (Wildman–Crippen LogP) is 5.51. The van der Waals surface area contributed by atoms with E-state index >= 15 is 0 Å². The maximum atomic E-state index is 12.6. The lowest BCUT2D eigenvalue weighted by Gasteiger charge is -2.22. The zero-order chi connectivity index (χ0) is 16.4. The molecule has 0 N–H and O–H groups in total. The van der Waals surface area contributed by atoms with Crippen LogP contribution in [0.3, 0.4) is 0 Å². The van der Waals surface area contributed by atoms with Crippen LogP contribution in [-0.2, 0) is 6.42 Å². The maximum Gasteiger partial charge on any atom is 0.163 e. The Hall–Kier alpha value is -1.93. The van der Waals surface area contributed by atoms with Gasteiger partial charge in [0.05, 0.1) is 8.07 Å². The second kappa shape index (κ2) is 6.29. The van der Waals surface area contributed by atoms with Crippen molar-refractivity contribution in [1.82, 2.24) is 0 Å². The topological polar surface area (TPSA) is 17.1 Å². The minimum atomic E-state index is -1.43. The Bertz CT molecular complexity index is 751. The normalized spacial score (nSPS) is 15.4. The van der Waals surface area contributed by atoms with Gasteiger partial charge in [0.15, 0.2) is 5.78 Å². The Morgan fingerprint density at radius 3 is 2.39 bits per heavy atom. The molecule has 118 valence electrons. The number of hydrogen-bond acceptors (Lipinski definition) is 1. The van der Waals surface area contributed by atoms with E-state index in [1.54, 1.807) is 0 Å². The Morgan fingerprint density at radius 1 is 0.957 bits per heavy atom. The van der Waals surface area contributed by atoms with Crippen molar-refractivity contribution >= 4 is 19.4 Å². The molecule has 23 heavy (non-hydrogen) atoms. The van der Waals surface area contributed by atoms with Gasteiger partial charge in [0.2, 0.25) is 0 Å². The molecule has 2 aromatic rings. The molecule has 0 saturated heterocycles. The lowest BCUT2D eigenvalue weighted by molar-refractivity contribution is 0.0972. The summed E-state index contributed by atoms with van der Waals surface area (Å²) in [5, 5.41) is 0. The Morgan fingerprint density at radius 2 is 1.70 bits per heavy atom. The number of hydrogen-bond donors (Lipinski definition) is 0. The fourth-order valence-corrected chi connectivity index (χ4v) is 4.48. The van der Waals surface area contributed by atoms with Crippen LogP contribution in [-0.4, -0.2) is 13.9 Å². The first-order valence-corrected chi connectivity index (χ1v) is 12.0. The number of ketones is 1. The summed E-state index contributed by atoms with van der Waals surface area (Å²) in [7, 11) is -1.43. The molecule has 0 aliphatic heterocycles. The first-order chi connectivity index (χ1) is 11.0. The highest BCUT2D eigenvalue weighted by atomic mass is 28.3. The van der Waals surface area contributed by atoms with Crippen LogP contribution in [0.15, 0.2) is 54.2 Å². The third kappa shape index (κ3) is 3.53. The molecule has 0 fully saturated rings. The van der Waals surface area contributed by atoms with Gasteiger partial charge >= 0.3 is 0 Å². The first-order valence-electron chi connectivity index (χ1n) is 8.39. The van der Waals surface area contributed by atoms with Gasteiger partial charge < -0.3 is 0 Å². The summed E-state index contributed by atoms with van der Waals surface area (Å²) in [6.07, 6.45) is 2.68. The molecule has 0 unspecified atom stereocenters. The van der Waals surface area contributed by atoms with E-state index in [-0.39, 0.29) is 0 Å². The molecule has 0 atom stereocenters. The van der Waals surface area contributed by atoms with Crippen molar-refractivity contribution in [2.75, 3.05) is 0 Å². The number of benzene rings is 2. The summed E-state index contributed by atoms with van der Waals surface area (Å²) in [5.41, 5.74) is 8.18. The summed E-state index contributed by atoms with van der Waals surface area (Å²) < 4.78 is 0. The molecule has 0 radical (unpaired) electrons. The highest BCUT2D eigenvalue weighted by molar-refractivity contribution is 6.81. The molecule has 2 heteroatoms. The fourth-order valence-electron chi connectivity index (χ4n) is 3.29. The average Bonchev–Trinajstić information content (AvgIpc) is 2.52. The number of rotatable bonds is 3. The maximum absolute atomic E-state index is 12.6. The van der Waals surface area contributed by atoms with Crippen molar-refractivity contribution in [3.63, 3.8) is 0 Å². The van der Waals surface area contributed by atoms with Crippen LogP contribution in [0.4, 0.5) is 0 Å². The van der Waals surface area contributed by atoms with E-state index in [0.717, 1.165) is 24.0 Å². The van der Waals surface area contributed by atoms with Gasteiger partial charge in [-0.05, 0) is 35.1 Å². The minimum Gasteiger partial charge on any atom is -0.294 e. The number of carbonyl (C=O) groups excluding carboxylic acids is 1. The van der Waals surface area contributed by atoms with Crippen molar-refractivity contribution < 1.29 is 4.79 Å². The van der Waals surface area contributed by atoms with Crippen molar-refractivity contribution in [2.45, 2.75) is 38.9 Å². The zero-order valence-electron chi connectivity index (χ0n) is 14.2. The highest BCUT2D eigenvalue weighted by Crippen LogP contribution is 2.33. The van der Waals surface area contributed by atoms with Crippen LogP contribution in [0, 0.1) is 0 Å². The van der Waals surface area contributed by atoms with Crippen LogP contribution in [0.25, 0.3) is 5.57 Å². The van der Waals surface area contributed by atoms with Crippen molar-refractivity contribution in [2.24, 2.45) is 0 Å². The monoisotopic (exact) mass is 320 g/mol. The van der Waals surface area contributed by atoms with Crippen molar-refractivity contribution in [3.05, 3.63) is 76.5 Å². The molecule has 1 aliphatic carbocycles. The lowest BCUT2D eigenvalue weighted by atomic mass is 9.84. The zero-order valence-corrected chi connectivity index (χ0v) is 15.2. The van der Waals surface area contributed by atoms with Gasteiger partial charge in [-0.1, -0.05) is 73.9 Å². The van der Waals surface area contributed by atoms with Gasteiger partial charge in [-0.15, -0.1) is 0 Å². The molecule has 2 aromatic carbocycles. The Balaban J connectivity index is 2.24. The molecule has 1 nitrogen and oxygen atoms in total. The van der Waals surface area contributed by atoms with E-state index in [9.17, 15) is 4.79 Å². The highest BCUT2D eigenvalue weighted by Gasteiger charge is 2.23. The molecule has 0 amide bonds. The minimum absolute atomic E-state index is 0.305. The van der Waals surface area contributed by atoms with Crippen molar-refractivity contribution in [1.29, 1.82) is 0 Å². The summed E-state index contributed by atoms with van der Waals surface area (Å²) in [6.45, 7) is 7.02. The summed E-state index contributed by atoms with van der Waals surface area (Å²) in [5.74, 6) is 0.305. The molecule has 0 saturated carbocycles. The molecular formula is C21H24OSi. The van der Waals surface area contributed by atoms with E-state index in [4.69, 9.17) is 0 Å². The summed E-state index contributed by atoms with van der Waals surface area (Å²) >= 11 is 0. The van der Waals surface area contributed by atoms with Gasteiger partial charge in [0.1, 0.15) is 0 Å². The molecule has 0 aromatic heterocycles. The largest absolute Gasteiger partial charge is 0.294 e. The average molecular weight is 321 g/mol. The molecule has 0 bridgehead atoms. The van der Waals surface area contributed by atoms with Crippen LogP contribution in [0.2, 0.25) is 19.6 Å². The van der Waals surface area contributed by atoms with Crippen LogP contribution >= 0.6 is 0 Å². The number of fused-ring (bicyclic) bond motifs is 1. The van der Waals surface area contributed by atoms with Gasteiger partial charge in [0, 0.05) is 12.0 Å². The predicted molar refractivity (Wildman–Crippen MR) is 101 cm³/mol. The third-order valence-corrected chi connectivity index (χ3v) is 5.39. The van der Waals surface area contributed by atoms with E-state index in [0.29, 0.717) is 12.2 Å². The molecule has 0 spiro atoms. The second-order valence-corrected chi connectivity index (χ2v) is 12.4. The smallest absolute Gasteiger partial charge is 0.163 e. The van der Waals surface area contributed by atoms with Crippen LogP contribution < -0.4 is 0 Å². The molecular weight excluding hydrogens is 296 g/mol. The second-order valence-electron chi connectivity index (χ2n) is 7.41. The van der Waals surface area contributed by atoms with Gasteiger partial charge in [0.25, 0.3) is 0 Å². The number of aryl methyl sites for hydroxylation is 1. The first kappa shape index (κ1) is 15.9. The summed E-state index contributed by atoms with van der Waals surface area (Å²) in [6, 6.07) is 16.8. The third-order valence-electron chi connectivity index (χ3n) is 4.23. The van der Waals surface area contributed by atoms with E-state index in [1.165, 1.54) is 16.7 Å². The molecule has 3 rings (SSSR count). The van der Waals surface area contributed by atoms with E-state index < -0.39 is 8.07 Å². The van der Waals surface area contributed by atoms with E-state index in [2.05, 4.69) is 67.8 Å². The summed E-state index contributed by atoms with van der Waals surface area (Å²) in [4.78, 5) is 12.6. The van der Waals surface area contributed by atoms with Gasteiger partial charge in [-0.25, -0.2) is 0 Å². The Labute approximate surface area is 140 Å². The SMILES string of the molecule is C[Si](C)(C)/C=C(\c1ccccc1)c1cccc2c1C(=O)CCC2. The molecule has 0 heterocycles. The lowest BCUT2D eigenvalue weighted by Crippen LogP contribution is -2.19. The standard InChI is InChI=1S/C21H24OSi/c1-23(2,3)15-19(16-9-5-4-6-10-16)18-13-7-11-17-12-8-14-20(22)21(17)18/h4-7,9-11,13,15H,8,12,14H2,1-3H3/b19-15+. The fraction of sp³-hybridized carbons (Fsp3) is 0.286. The Kier molecular flexibility index (Phi) is 4.36. The quantitative estimate of drug-likeness (QED) is 0.681. The number of carbonyl (C=O) groups is 1.